The second-order valence-electron chi connectivity index (χ2n) is 5.59. The van der Waals surface area contributed by atoms with Crippen LogP contribution in [-0.2, 0) is 9.59 Å². The van der Waals surface area contributed by atoms with Crippen LogP contribution in [0.1, 0.15) is 45.4 Å². The van der Waals surface area contributed by atoms with E-state index in [9.17, 15) is 9.59 Å². The molecule has 2 atom stereocenters. The van der Waals surface area contributed by atoms with Crippen LogP contribution >= 0.6 is 0 Å². The van der Waals surface area contributed by atoms with Gasteiger partial charge in [0.25, 0.3) is 0 Å². The summed E-state index contributed by atoms with van der Waals surface area (Å²) in [4.78, 5) is 25.7. The minimum absolute atomic E-state index is 0.00721. The van der Waals surface area contributed by atoms with Gasteiger partial charge in [0.2, 0.25) is 11.8 Å². The van der Waals surface area contributed by atoms with E-state index in [1.54, 1.807) is 0 Å². The minimum Gasteiger partial charge on any atom is -0.344 e. The highest BCUT2D eigenvalue weighted by Gasteiger charge is 2.31. The molecule has 1 unspecified atom stereocenters. The SMILES string of the molecule is CCCCN(CC1CCCN1)C(=O)[C@H]1CCC(=O)N1. The third-order valence-electron chi connectivity index (χ3n) is 3.99. The van der Waals surface area contributed by atoms with Gasteiger partial charge in [0.1, 0.15) is 6.04 Å². The second kappa shape index (κ2) is 6.89. The molecule has 2 saturated heterocycles. The van der Waals surface area contributed by atoms with E-state index in [1.807, 2.05) is 4.90 Å². The molecule has 2 rings (SSSR count). The molecule has 2 N–H and O–H groups in total. The van der Waals surface area contributed by atoms with E-state index in [2.05, 4.69) is 17.6 Å². The van der Waals surface area contributed by atoms with E-state index in [0.717, 1.165) is 38.9 Å². The Morgan fingerprint density at radius 1 is 1.42 bits per heavy atom. The first-order valence-electron chi connectivity index (χ1n) is 7.52. The lowest BCUT2D eigenvalue weighted by molar-refractivity contribution is -0.134. The van der Waals surface area contributed by atoms with Crippen LogP contribution in [0, 0.1) is 0 Å². The highest BCUT2D eigenvalue weighted by molar-refractivity contribution is 5.90. The van der Waals surface area contributed by atoms with Crippen molar-refractivity contribution in [1.82, 2.24) is 15.5 Å². The molecule has 0 bridgehead atoms. The number of hydrogen-bond acceptors (Lipinski definition) is 3. The van der Waals surface area contributed by atoms with Gasteiger partial charge in [-0.05, 0) is 32.2 Å². The zero-order chi connectivity index (χ0) is 13.7. The average molecular weight is 267 g/mol. The first-order chi connectivity index (χ1) is 9.20. The van der Waals surface area contributed by atoms with Crippen LogP contribution in [0.2, 0.25) is 0 Å². The topological polar surface area (TPSA) is 61.4 Å². The van der Waals surface area contributed by atoms with Gasteiger partial charge in [-0.25, -0.2) is 0 Å². The molecule has 2 aliphatic heterocycles. The van der Waals surface area contributed by atoms with Crippen LogP contribution in [0.4, 0.5) is 0 Å². The van der Waals surface area contributed by atoms with Gasteiger partial charge in [-0.15, -0.1) is 0 Å². The summed E-state index contributed by atoms with van der Waals surface area (Å²) in [6, 6.07) is 0.142. The summed E-state index contributed by atoms with van der Waals surface area (Å²) >= 11 is 0. The van der Waals surface area contributed by atoms with E-state index >= 15 is 0 Å². The van der Waals surface area contributed by atoms with Gasteiger partial charge in [-0.1, -0.05) is 13.3 Å². The van der Waals surface area contributed by atoms with E-state index in [-0.39, 0.29) is 17.9 Å². The first-order valence-corrected chi connectivity index (χ1v) is 7.52. The molecule has 0 saturated carbocycles. The van der Waals surface area contributed by atoms with E-state index in [1.165, 1.54) is 6.42 Å². The van der Waals surface area contributed by atoms with Crippen molar-refractivity contribution in [3.8, 4) is 0 Å². The number of rotatable bonds is 6. The van der Waals surface area contributed by atoms with Gasteiger partial charge in [0.05, 0.1) is 0 Å². The van der Waals surface area contributed by atoms with Crippen molar-refractivity contribution < 1.29 is 9.59 Å². The van der Waals surface area contributed by atoms with Crippen molar-refractivity contribution in [3.63, 3.8) is 0 Å². The average Bonchev–Trinajstić information content (AvgIpc) is 3.05. The molecule has 5 heteroatoms. The number of carbonyl (C=O) groups is 2. The molecule has 0 radical (unpaired) electrons. The minimum atomic E-state index is -0.286. The normalized spacial score (nSPS) is 26.5. The van der Waals surface area contributed by atoms with E-state index in [0.29, 0.717) is 18.9 Å². The monoisotopic (exact) mass is 267 g/mol. The Labute approximate surface area is 115 Å². The van der Waals surface area contributed by atoms with Gasteiger partial charge in [0.15, 0.2) is 0 Å². The number of carbonyl (C=O) groups excluding carboxylic acids is 2. The molecular weight excluding hydrogens is 242 g/mol. The molecule has 5 nitrogen and oxygen atoms in total. The van der Waals surface area contributed by atoms with Crippen LogP contribution in [0.5, 0.6) is 0 Å². The molecule has 108 valence electrons. The molecule has 0 aromatic heterocycles. The largest absolute Gasteiger partial charge is 0.344 e. The van der Waals surface area contributed by atoms with Crippen molar-refractivity contribution in [2.75, 3.05) is 19.6 Å². The van der Waals surface area contributed by atoms with Gasteiger partial charge in [-0.2, -0.15) is 0 Å². The van der Waals surface area contributed by atoms with Crippen LogP contribution in [-0.4, -0.2) is 48.4 Å². The smallest absolute Gasteiger partial charge is 0.245 e. The Kier molecular flexibility index (Phi) is 5.19. The third-order valence-corrected chi connectivity index (χ3v) is 3.99. The molecule has 2 amide bonds. The maximum absolute atomic E-state index is 12.5. The molecule has 0 spiro atoms. The first kappa shape index (κ1) is 14.3. The van der Waals surface area contributed by atoms with E-state index < -0.39 is 0 Å². The fourth-order valence-corrected chi connectivity index (χ4v) is 2.84. The Hall–Kier alpha value is -1.10. The number of amides is 2. The Balaban J connectivity index is 1.90. The van der Waals surface area contributed by atoms with Crippen molar-refractivity contribution in [2.24, 2.45) is 0 Å². The third kappa shape index (κ3) is 3.93. The maximum atomic E-state index is 12.5. The summed E-state index contributed by atoms with van der Waals surface area (Å²) in [5.41, 5.74) is 0. The molecule has 0 aliphatic carbocycles. The zero-order valence-corrected chi connectivity index (χ0v) is 11.8. The molecule has 0 aromatic carbocycles. The number of unbranched alkanes of at least 4 members (excludes halogenated alkanes) is 1. The summed E-state index contributed by atoms with van der Waals surface area (Å²) in [5.74, 6) is 0.112. The Morgan fingerprint density at radius 2 is 2.26 bits per heavy atom. The summed E-state index contributed by atoms with van der Waals surface area (Å²) in [6.45, 7) is 4.78. The van der Waals surface area contributed by atoms with Crippen LogP contribution < -0.4 is 10.6 Å². The second-order valence-corrected chi connectivity index (χ2v) is 5.59. The van der Waals surface area contributed by atoms with Crippen LogP contribution in [0.3, 0.4) is 0 Å². The predicted molar refractivity (Wildman–Crippen MR) is 73.7 cm³/mol. The highest BCUT2D eigenvalue weighted by Crippen LogP contribution is 2.13. The standard InChI is InChI=1S/C14H25N3O2/c1-2-3-9-17(10-11-5-4-8-15-11)14(19)12-6-7-13(18)16-12/h11-12,15H,2-10H2,1H3,(H,16,18)/t11?,12-/m1/s1. The number of hydrogen-bond donors (Lipinski definition) is 2. The fraction of sp³-hybridized carbons (Fsp3) is 0.857. The lowest BCUT2D eigenvalue weighted by Gasteiger charge is -2.28. The summed E-state index contributed by atoms with van der Waals surface area (Å²) in [7, 11) is 0. The maximum Gasteiger partial charge on any atom is 0.245 e. The Bertz CT molecular complexity index is 327. The van der Waals surface area contributed by atoms with Crippen molar-refractivity contribution in [1.29, 1.82) is 0 Å². The quantitative estimate of drug-likeness (QED) is 0.742. The molecule has 19 heavy (non-hydrogen) atoms. The molecule has 2 heterocycles. The molecular formula is C14H25N3O2. The zero-order valence-electron chi connectivity index (χ0n) is 11.8. The number of nitrogens with zero attached hydrogens (tertiary/aromatic N) is 1. The molecule has 2 aliphatic rings. The lowest BCUT2D eigenvalue weighted by Crippen LogP contribution is -2.48. The summed E-state index contributed by atoms with van der Waals surface area (Å²) in [5, 5.41) is 6.22. The summed E-state index contributed by atoms with van der Waals surface area (Å²) in [6.07, 6.45) is 5.59. The number of nitrogens with one attached hydrogen (secondary N) is 2. The molecule has 2 fully saturated rings. The molecule has 0 aromatic rings. The summed E-state index contributed by atoms with van der Waals surface area (Å²) < 4.78 is 0. The van der Waals surface area contributed by atoms with Crippen molar-refractivity contribution >= 4 is 11.8 Å². The van der Waals surface area contributed by atoms with Gasteiger partial charge in [-0.3, -0.25) is 9.59 Å². The Morgan fingerprint density at radius 3 is 2.84 bits per heavy atom. The van der Waals surface area contributed by atoms with Crippen LogP contribution in [0.15, 0.2) is 0 Å². The highest BCUT2D eigenvalue weighted by atomic mass is 16.2. The van der Waals surface area contributed by atoms with Gasteiger partial charge in [0, 0.05) is 25.6 Å². The van der Waals surface area contributed by atoms with Gasteiger partial charge < -0.3 is 15.5 Å². The van der Waals surface area contributed by atoms with Crippen LogP contribution in [0.25, 0.3) is 0 Å². The fourth-order valence-electron chi connectivity index (χ4n) is 2.84. The van der Waals surface area contributed by atoms with Gasteiger partial charge >= 0.3 is 0 Å². The lowest BCUT2D eigenvalue weighted by atomic mass is 10.1. The predicted octanol–water partition coefficient (Wildman–Crippen LogP) is 0.646. The van der Waals surface area contributed by atoms with Crippen molar-refractivity contribution in [3.05, 3.63) is 0 Å². The van der Waals surface area contributed by atoms with E-state index in [4.69, 9.17) is 0 Å². The van der Waals surface area contributed by atoms with Crippen molar-refractivity contribution in [2.45, 2.75) is 57.5 Å².